The average Bonchev–Trinajstić information content (AvgIpc) is 2.48. The zero-order chi connectivity index (χ0) is 10.1. The van der Waals surface area contributed by atoms with Crippen LogP contribution in [0.2, 0.25) is 0 Å². The zero-order valence-electron chi connectivity index (χ0n) is 9.49. The smallest absolute Gasteiger partial charge is 0.0179 e. The third-order valence-corrected chi connectivity index (χ3v) is 8.25. The van der Waals surface area contributed by atoms with E-state index in [-0.39, 0.29) is 0 Å². The summed E-state index contributed by atoms with van der Waals surface area (Å²) in [6.07, 6.45) is 13.7. The molecule has 4 unspecified atom stereocenters. The predicted molar refractivity (Wildman–Crippen MR) is 71.3 cm³/mol. The third kappa shape index (κ3) is 2.36. The van der Waals surface area contributed by atoms with E-state index in [1.165, 1.54) is 38.5 Å². The average molecular weight is 242 g/mol. The molecule has 0 nitrogen and oxygen atoms in total. The van der Waals surface area contributed by atoms with E-state index in [9.17, 15) is 0 Å². The minimum absolute atomic E-state index is 1.02. The van der Waals surface area contributed by atoms with Crippen molar-refractivity contribution in [2.45, 2.75) is 68.3 Å². The largest absolute Gasteiger partial charge is 0.0901 e. The number of hydrogen-bond donors (Lipinski definition) is 0. The Morgan fingerprint density at radius 3 is 1.60 bits per heavy atom. The van der Waals surface area contributed by atoms with Gasteiger partial charge in [-0.1, -0.05) is 47.3 Å². The molecular weight excluding hydrogens is 220 g/mol. The van der Waals surface area contributed by atoms with Gasteiger partial charge in [0.25, 0.3) is 0 Å². The highest BCUT2D eigenvalue weighted by molar-refractivity contribution is 8.77. The normalized spacial score (nSPS) is 46.4. The van der Waals surface area contributed by atoms with Crippen molar-refractivity contribution in [1.29, 1.82) is 0 Å². The first-order valence-electron chi connectivity index (χ1n) is 6.75. The van der Waals surface area contributed by atoms with Crippen molar-refractivity contribution in [2.75, 3.05) is 0 Å². The fourth-order valence-electron chi connectivity index (χ4n) is 3.67. The topological polar surface area (TPSA) is 0 Å². The first-order chi connectivity index (χ1) is 7.43. The van der Waals surface area contributed by atoms with Crippen LogP contribution in [0.15, 0.2) is 0 Å². The molecule has 0 aromatic rings. The standard InChI is InChI=1S/C13H22S2/c1-3-7-12-10(5-1)9-11-6-2-4-8-13(11)15-14-12/h10-13H,1-9H2. The molecule has 0 aromatic carbocycles. The molecule has 0 spiro atoms. The fourth-order valence-corrected chi connectivity index (χ4v) is 7.67. The van der Waals surface area contributed by atoms with Crippen molar-refractivity contribution in [2.24, 2.45) is 11.8 Å². The van der Waals surface area contributed by atoms with Crippen molar-refractivity contribution in [3.8, 4) is 0 Å². The first kappa shape index (κ1) is 10.8. The summed E-state index contributed by atoms with van der Waals surface area (Å²) < 4.78 is 0. The monoisotopic (exact) mass is 242 g/mol. The van der Waals surface area contributed by atoms with Crippen LogP contribution >= 0.6 is 21.6 Å². The molecule has 2 heteroatoms. The lowest BCUT2D eigenvalue weighted by Gasteiger charge is -2.32. The molecule has 0 N–H and O–H groups in total. The molecule has 86 valence electrons. The van der Waals surface area contributed by atoms with Gasteiger partial charge in [0.15, 0.2) is 0 Å². The quantitative estimate of drug-likeness (QED) is 0.555. The van der Waals surface area contributed by atoms with Crippen LogP contribution in [-0.2, 0) is 0 Å². The number of fused-ring (bicyclic) bond motifs is 2. The van der Waals surface area contributed by atoms with Gasteiger partial charge in [-0.15, -0.1) is 0 Å². The van der Waals surface area contributed by atoms with Gasteiger partial charge in [0.05, 0.1) is 0 Å². The zero-order valence-corrected chi connectivity index (χ0v) is 11.1. The van der Waals surface area contributed by atoms with Crippen LogP contribution in [0.5, 0.6) is 0 Å². The molecule has 0 amide bonds. The van der Waals surface area contributed by atoms with Crippen LogP contribution in [-0.4, -0.2) is 10.5 Å². The van der Waals surface area contributed by atoms with Crippen molar-refractivity contribution in [3.63, 3.8) is 0 Å². The Kier molecular flexibility index (Phi) is 3.55. The number of rotatable bonds is 0. The highest BCUT2D eigenvalue weighted by Gasteiger charge is 2.36. The van der Waals surface area contributed by atoms with Gasteiger partial charge < -0.3 is 0 Å². The molecular formula is C13H22S2. The summed E-state index contributed by atoms with van der Waals surface area (Å²) in [5.41, 5.74) is 0. The second-order valence-corrected chi connectivity index (χ2v) is 8.34. The van der Waals surface area contributed by atoms with Gasteiger partial charge in [-0.2, -0.15) is 0 Å². The van der Waals surface area contributed by atoms with Gasteiger partial charge in [0, 0.05) is 10.5 Å². The van der Waals surface area contributed by atoms with Crippen LogP contribution in [0.25, 0.3) is 0 Å². The van der Waals surface area contributed by atoms with Crippen molar-refractivity contribution >= 4 is 21.6 Å². The lowest BCUT2D eigenvalue weighted by molar-refractivity contribution is 0.260. The van der Waals surface area contributed by atoms with Crippen LogP contribution in [0.1, 0.15) is 57.8 Å². The molecule has 4 atom stereocenters. The molecule has 1 heterocycles. The van der Waals surface area contributed by atoms with Gasteiger partial charge >= 0.3 is 0 Å². The first-order valence-corrected chi connectivity index (χ1v) is 9.03. The summed E-state index contributed by atoms with van der Waals surface area (Å²) >= 11 is 0. The summed E-state index contributed by atoms with van der Waals surface area (Å²) in [5, 5.41) is 2.05. The Balaban J connectivity index is 1.70. The number of hydrogen-bond acceptors (Lipinski definition) is 2. The maximum atomic E-state index is 2.27. The van der Waals surface area contributed by atoms with Crippen LogP contribution < -0.4 is 0 Å². The lowest BCUT2D eigenvalue weighted by atomic mass is 9.77. The summed E-state index contributed by atoms with van der Waals surface area (Å²) in [7, 11) is 4.54. The summed E-state index contributed by atoms with van der Waals surface area (Å²) in [5.74, 6) is 2.17. The van der Waals surface area contributed by atoms with Crippen LogP contribution in [0, 0.1) is 11.8 Å². The van der Waals surface area contributed by atoms with E-state index in [1.54, 1.807) is 19.3 Å². The fraction of sp³-hybridized carbons (Fsp3) is 1.00. The molecule has 1 saturated heterocycles. The SMILES string of the molecule is C1CCC2SSC3CCCCC3CC2C1. The minimum Gasteiger partial charge on any atom is -0.0901 e. The van der Waals surface area contributed by atoms with E-state index in [1.807, 2.05) is 0 Å². The highest BCUT2D eigenvalue weighted by atomic mass is 33.1. The molecule has 1 aliphatic heterocycles. The Labute approximate surface area is 102 Å². The minimum atomic E-state index is 1.02. The summed E-state index contributed by atoms with van der Waals surface area (Å²) in [4.78, 5) is 0. The van der Waals surface area contributed by atoms with E-state index in [0.717, 1.165) is 22.3 Å². The molecule has 3 aliphatic rings. The summed E-state index contributed by atoms with van der Waals surface area (Å²) in [6, 6.07) is 0. The highest BCUT2D eigenvalue weighted by Crippen LogP contribution is 2.52. The predicted octanol–water partition coefficient (Wildman–Crippen LogP) is 4.89. The Morgan fingerprint density at radius 2 is 1.07 bits per heavy atom. The molecule has 3 fully saturated rings. The van der Waals surface area contributed by atoms with Gasteiger partial charge in [-0.05, 0) is 43.9 Å². The van der Waals surface area contributed by atoms with E-state index in [2.05, 4.69) is 21.6 Å². The lowest BCUT2D eigenvalue weighted by Crippen LogP contribution is -2.26. The Hall–Kier alpha value is 0.700. The van der Waals surface area contributed by atoms with E-state index >= 15 is 0 Å². The summed E-state index contributed by atoms with van der Waals surface area (Å²) in [6.45, 7) is 0. The molecule has 3 rings (SSSR count). The molecule has 2 aliphatic carbocycles. The van der Waals surface area contributed by atoms with Crippen LogP contribution in [0.3, 0.4) is 0 Å². The maximum Gasteiger partial charge on any atom is 0.0179 e. The Morgan fingerprint density at radius 1 is 0.600 bits per heavy atom. The van der Waals surface area contributed by atoms with E-state index in [4.69, 9.17) is 0 Å². The van der Waals surface area contributed by atoms with Gasteiger partial charge in [-0.3, -0.25) is 0 Å². The molecule has 0 radical (unpaired) electrons. The van der Waals surface area contributed by atoms with Crippen molar-refractivity contribution < 1.29 is 0 Å². The van der Waals surface area contributed by atoms with Crippen molar-refractivity contribution in [3.05, 3.63) is 0 Å². The van der Waals surface area contributed by atoms with E-state index < -0.39 is 0 Å². The molecule has 15 heavy (non-hydrogen) atoms. The maximum absolute atomic E-state index is 2.27. The molecule has 0 aromatic heterocycles. The van der Waals surface area contributed by atoms with E-state index in [0.29, 0.717) is 0 Å². The van der Waals surface area contributed by atoms with Gasteiger partial charge in [0.1, 0.15) is 0 Å². The Bertz CT molecular complexity index is 195. The molecule has 2 saturated carbocycles. The third-order valence-electron chi connectivity index (χ3n) is 4.59. The van der Waals surface area contributed by atoms with Gasteiger partial charge in [0.2, 0.25) is 0 Å². The van der Waals surface area contributed by atoms with Crippen LogP contribution in [0.4, 0.5) is 0 Å². The molecule has 0 bridgehead atoms. The second-order valence-electron chi connectivity index (χ2n) is 5.59. The van der Waals surface area contributed by atoms with Gasteiger partial charge in [-0.25, -0.2) is 0 Å². The van der Waals surface area contributed by atoms with Crippen molar-refractivity contribution in [1.82, 2.24) is 0 Å². The second kappa shape index (κ2) is 4.91.